The van der Waals surface area contributed by atoms with Crippen molar-refractivity contribution in [3.8, 4) is 11.8 Å². The second kappa shape index (κ2) is 8.33. The second-order valence-electron chi connectivity index (χ2n) is 5.25. The molecule has 0 aliphatic rings. The van der Waals surface area contributed by atoms with Gasteiger partial charge in [-0.3, -0.25) is 0 Å². The van der Waals surface area contributed by atoms with Gasteiger partial charge in [-0.15, -0.1) is 5.92 Å². The molecule has 0 aromatic heterocycles. The summed E-state index contributed by atoms with van der Waals surface area (Å²) in [6.45, 7) is 10.8. The highest BCUT2D eigenvalue weighted by molar-refractivity contribution is 14.1. The molecule has 0 aliphatic carbocycles. The van der Waals surface area contributed by atoms with Crippen molar-refractivity contribution < 1.29 is 4.43 Å². The lowest BCUT2D eigenvalue weighted by Crippen LogP contribution is -2.41. The Morgan fingerprint density at radius 3 is 2.41 bits per heavy atom. The van der Waals surface area contributed by atoms with Crippen molar-refractivity contribution in [1.82, 2.24) is 0 Å². The predicted molar refractivity (Wildman–Crippen MR) is 87.9 cm³/mol. The summed E-state index contributed by atoms with van der Waals surface area (Å²) in [5.74, 6) is 6.39. The largest absolute Gasteiger partial charge is 0.401 e. The topological polar surface area (TPSA) is 9.23 Å². The normalized spacial score (nSPS) is 15.4. The first kappa shape index (κ1) is 17.2. The van der Waals surface area contributed by atoms with Gasteiger partial charge in [0.25, 0.3) is 0 Å². The van der Waals surface area contributed by atoms with Crippen molar-refractivity contribution in [2.45, 2.75) is 64.8 Å². The first-order chi connectivity index (χ1) is 7.89. The van der Waals surface area contributed by atoms with Gasteiger partial charge in [-0.1, -0.05) is 47.9 Å². The SMILES string of the molecule is CC#CC(C/C=C/I)(CCCC)O[Si](C)(C)C. The fourth-order valence-corrected chi connectivity index (χ4v) is 3.51. The fourth-order valence-electron chi connectivity index (χ4n) is 1.84. The maximum atomic E-state index is 6.38. The van der Waals surface area contributed by atoms with Gasteiger partial charge in [-0.05, 0) is 43.5 Å². The first-order valence-electron chi connectivity index (χ1n) is 6.28. The van der Waals surface area contributed by atoms with Crippen molar-refractivity contribution in [3.63, 3.8) is 0 Å². The van der Waals surface area contributed by atoms with E-state index in [9.17, 15) is 0 Å². The monoisotopic (exact) mass is 364 g/mol. The molecule has 0 bridgehead atoms. The van der Waals surface area contributed by atoms with Gasteiger partial charge in [-0.2, -0.15) is 0 Å². The Hall–Kier alpha value is 0.207. The molecule has 3 heteroatoms. The van der Waals surface area contributed by atoms with Gasteiger partial charge >= 0.3 is 0 Å². The molecule has 0 spiro atoms. The Morgan fingerprint density at radius 2 is 2.00 bits per heavy atom. The minimum Gasteiger partial charge on any atom is -0.401 e. The zero-order chi connectivity index (χ0) is 13.4. The molecule has 0 amide bonds. The summed E-state index contributed by atoms with van der Waals surface area (Å²) in [6, 6.07) is 0. The van der Waals surface area contributed by atoms with Gasteiger partial charge in [-0.25, -0.2) is 0 Å². The van der Waals surface area contributed by atoms with Crippen LogP contribution in [-0.4, -0.2) is 13.9 Å². The van der Waals surface area contributed by atoms with Crippen LogP contribution in [0.3, 0.4) is 0 Å². The quantitative estimate of drug-likeness (QED) is 0.346. The van der Waals surface area contributed by atoms with E-state index < -0.39 is 8.32 Å². The molecule has 0 aliphatic heterocycles. The van der Waals surface area contributed by atoms with Crippen molar-refractivity contribution in [2.24, 2.45) is 0 Å². The minimum atomic E-state index is -1.57. The van der Waals surface area contributed by atoms with Crippen molar-refractivity contribution in [3.05, 3.63) is 10.2 Å². The fraction of sp³-hybridized carbons (Fsp3) is 0.714. The average molecular weight is 364 g/mol. The molecule has 1 unspecified atom stereocenters. The number of rotatable bonds is 7. The zero-order valence-corrected chi connectivity index (χ0v) is 14.9. The maximum absolute atomic E-state index is 6.38. The molecule has 17 heavy (non-hydrogen) atoms. The van der Waals surface area contributed by atoms with Crippen LogP contribution in [0.4, 0.5) is 0 Å². The molecule has 0 rings (SSSR count). The lowest BCUT2D eigenvalue weighted by Gasteiger charge is -2.35. The summed E-state index contributed by atoms with van der Waals surface area (Å²) >= 11 is 2.26. The molecule has 0 fully saturated rings. The predicted octanol–water partition coefficient (Wildman–Crippen LogP) is 5.13. The van der Waals surface area contributed by atoms with Crippen molar-refractivity contribution >= 4 is 30.9 Å². The van der Waals surface area contributed by atoms with E-state index in [1.54, 1.807) is 0 Å². The molecule has 1 atom stereocenters. The van der Waals surface area contributed by atoms with Crippen LogP contribution >= 0.6 is 22.6 Å². The lowest BCUT2D eigenvalue weighted by atomic mass is 9.94. The van der Waals surface area contributed by atoms with Crippen LogP contribution in [0.25, 0.3) is 0 Å². The van der Waals surface area contributed by atoms with Crippen molar-refractivity contribution in [2.75, 3.05) is 0 Å². The average Bonchev–Trinajstić information content (AvgIpc) is 2.22. The summed E-state index contributed by atoms with van der Waals surface area (Å²) < 4.78 is 8.44. The molecule has 98 valence electrons. The summed E-state index contributed by atoms with van der Waals surface area (Å²) in [5.41, 5.74) is -0.253. The second-order valence-corrected chi connectivity index (χ2v) is 10.4. The van der Waals surface area contributed by atoms with Crippen LogP contribution in [0.15, 0.2) is 10.2 Å². The third-order valence-electron chi connectivity index (χ3n) is 2.33. The van der Waals surface area contributed by atoms with E-state index in [0.717, 1.165) is 12.8 Å². The van der Waals surface area contributed by atoms with Crippen LogP contribution in [0.2, 0.25) is 19.6 Å². The van der Waals surface area contributed by atoms with Gasteiger partial charge in [0.05, 0.1) is 0 Å². The Morgan fingerprint density at radius 1 is 1.35 bits per heavy atom. The van der Waals surface area contributed by atoms with Crippen LogP contribution in [0.5, 0.6) is 0 Å². The highest BCUT2D eigenvalue weighted by Gasteiger charge is 2.32. The summed E-state index contributed by atoms with van der Waals surface area (Å²) in [6.07, 6.45) is 6.47. The Balaban J connectivity index is 4.98. The van der Waals surface area contributed by atoms with E-state index in [4.69, 9.17) is 4.43 Å². The summed E-state index contributed by atoms with van der Waals surface area (Å²) in [5, 5.41) is 0. The lowest BCUT2D eigenvalue weighted by molar-refractivity contribution is 0.112. The highest BCUT2D eigenvalue weighted by Crippen LogP contribution is 2.28. The van der Waals surface area contributed by atoms with Crippen LogP contribution < -0.4 is 0 Å². The summed E-state index contributed by atoms with van der Waals surface area (Å²) in [4.78, 5) is 0. The number of unbranched alkanes of at least 4 members (excludes halogenated alkanes) is 1. The van der Waals surface area contributed by atoms with E-state index in [1.807, 2.05) is 6.92 Å². The Labute approximate surface area is 122 Å². The molecule has 0 radical (unpaired) electrons. The molecule has 0 saturated heterocycles. The number of hydrogen-bond donors (Lipinski definition) is 0. The first-order valence-corrected chi connectivity index (χ1v) is 10.9. The third-order valence-corrected chi connectivity index (χ3v) is 3.84. The Bertz CT molecular complexity index is 296. The highest BCUT2D eigenvalue weighted by atomic mass is 127. The van der Waals surface area contributed by atoms with E-state index in [0.29, 0.717) is 0 Å². The Kier molecular flexibility index (Phi) is 8.43. The molecular weight excluding hydrogens is 339 g/mol. The van der Waals surface area contributed by atoms with E-state index in [1.165, 1.54) is 12.8 Å². The van der Waals surface area contributed by atoms with E-state index >= 15 is 0 Å². The molecular formula is C14H25IOSi. The third kappa shape index (κ3) is 8.01. The minimum absolute atomic E-state index is 0.253. The van der Waals surface area contributed by atoms with Crippen LogP contribution in [-0.2, 0) is 4.43 Å². The molecule has 0 saturated carbocycles. The van der Waals surface area contributed by atoms with E-state index in [2.05, 4.69) is 71.2 Å². The molecule has 0 aromatic rings. The smallest absolute Gasteiger partial charge is 0.185 e. The molecule has 0 N–H and O–H groups in total. The maximum Gasteiger partial charge on any atom is 0.185 e. The van der Waals surface area contributed by atoms with E-state index in [-0.39, 0.29) is 5.60 Å². The van der Waals surface area contributed by atoms with Gasteiger partial charge < -0.3 is 4.43 Å². The van der Waals surface area contributed by atoms with Gasteiger partial charge in [0.2, 0.25) is 0 Å². The van der Waals surface area contributed by atoms with Gasteiger partial charge in [0.15, 0.2) is 8.32 Å². The molecule has 0 heterocycles. The van der Waals surface area contributed by atoms with Crippen LogP contribution in [0.1, 0.15) is 39.5 Å². The standard InChI is InChI=1S/C14H25IOSi/c1-6-8-11-14(10-7-2,12-9-13-15)16-17(3,4)5/h9,13H,6,8,11-12H2,1-5H3/b13-9+. The zero-order valence-electron chi connectivity index (χ0n) is 11.8. The van der Waals surface area contributed by atoms with Gasteiger partial charge in [0.1, 0.15) is 5.60 Å². The molecule has 0 aromatic carbocycles. The van der Waals surface area contributed by atoms with Crippen molar-refractivity contribution in [1.29, 1.82) is 0 Å². The number of halogens is 1. The van der Waals surface area contributed by atoms with Crippen LogP contribution in [0, 0.1) is 11.8 Å². The molecule has 1 nitrogen and oxygen atoms in total. The summed E-state index contributed by atoms with van der Waals surface area (Å²) in [7, 11) is -1.57. The number of hydrogen-bond acceptors (Lipinski definition) is 1. The van der Waals surface area contributed by atoms with Gasteiger partial charge in [0, 0.05) is 6.42 Å².